The standard InChI is InChI=1S/C16H15N3O3/c20-7-6-17-15-9-12(11-4-2-1-3-5-11)8-13-10-14(16(21)22)18-19(13)15/h1-5,8-10,17,20H,6-7H2,(H,21,22). The number of carboxylic acid groups (broad SMARTS) is 1. The summed E-state index contributed by atoms with van der Waals surface area (Å²) in [4.78, 5) is 11.1. The van der Waals surface area contributed by atoms with Crippen LogP contribution in [0.4, 0.5) is 5.82 Å². The molecule has 0 aliphatic carbocycles. The monoisotopic (exact) mass is 297 g/mol. The summed E-state index contributed by atoms with van der Waals surface area (Å²) in [7, 11) is 0. The number of aliphatic hydroxyl groups excluding tert-OH is 1. The second kappa shape index (κ2) is 5.87. The molecule has 0 aliphatic rings. The average molecular weight is 297 g/mol. The average Bonchev–Trinajstić information content (AvgIpc) is 2.98. The maximum atomic E-state index is 11.1. The Hall–Kier alpha value is -2.86. The van der Waals surface area contributed by atoms with Crippen molar-refractivity contribution >= 4 is 17.3 Å². The van der Waals surface area contributed by atoms with Crippen LogP contribution < -0.4 is 5.32 Å². The number of rotatable bonds is 5. The molecule has 0 atom stereocenters. The summed E-state index contributed by atoms with van der Waals surface area (Å²) in [6.07, 6.45) is 0. The van der Waals surface area contributed by atoms with Gasteiger partial charge in [-0.15, -0.1) is 0 Å². The summed E-state index contributed by atoms with van der Waals surface area (Å²) in [5, 5.41) is 25.2. The number of nitrogens with zero attached hydrogens (tertiary/aromatic N) is 2. The van der Waals surface area contributed by atoms with E-state index in [2.05, 4.69) is 10.4 Å². The third-order valence-corrected chi connectivity index (χ3v) is 3.30. The van der Waals surface area contributed by atoms with E-state index in [1.807, 2.05) is 42.5 Å². The molecular weight excluding hydrogens is 282 g/mol. The third-order valence-electron chi connectivity index (χ3n) is 3.30. The van der Waals surface area contributed by atoms with Gasteiger partial charge in [-0.05, 0) is 29.3 Å². The second-order valence-corrected chi connectivity index (χ2v) is 4.82. The van der Waals surface area contributed by atoms with E-state index in [4.69, 9.17) is 10.2 Å². The van der Waals surface area contributed by atoms with Gasteiger partial charge in [-0.1, -0.05) is 30.3 Å². The molecular formula is C16H15N3O3. The van der Waals surface area contributed by atoms with E-state index in [1.165, 1.54) is 10.6 Å². The van der Waals surface area contributed by atoms with Gasteiger partial charge in [0.15, 0.2) is 5.69 Å². The molecule has 22 heavy (non-hydrogen) atoms. The van der Waals surface area contributed by atoms with Crippen LogP contribution in [0.15, 0.2) is 48.5 Å². The minimum absolute atomic E-state index is 0.0164. The molecule has 0 amide bonds. The highest BCUT2D eigenvalue weighted by Gasteiger charge is 2.13. The number of pyridine rings is 1. The molecule has 3 aromatic rings. The molecule has 2 heterocycles. The van der Waals surface area contributed by atoms with Gasteiger partial charge in [0.1, 0.15) is 5.82 Å². The summed E-state index contributed by atoms with van der Waals surface area (Å²) in [6, 6.07) is 15.1. The molecule has 0 unspecified atom stereocenters. The Labute approximate surface area is 126 Å². The van der Waals surface area contributed by atoms with Gasteiger partial charge < -0.3 is 15.5 Å². The SMILES string of the molecule is O=C(O)c1cc2cc(-c3ccccc3)cc(NCCO)n2n1. The lowest BCUT2D eigenvalue weighted by Crippen LogP contribution is -2.10. The Morgan fingerprint density at radius 3 is 2.59 bits per heavy atom. The fourth-order valence-electron chi connectivity index (χ4n) is 2.31. The largest absolute Gasteiger partial charge is 0.476 e. The normalized spacial score (nSPS) is 10.8. The number of carboxylic acids is 1. The van der Waals surface area contributed by atoms with Crippen LogP contribution in [0.25, 0.3) is 16.6 Å². The highest BCUT2D eigenvalue weighted by Crippen LogP contribution is 2.25. The molecule has 0 spiro atoms. The van der Waals surface area contributed by atoms with Crippen LogP contribution in [0, 0.1) is 0 Å². The van der Waals surface area contributed by atoms with Crippen molar-refractivity contribution in [2.45, 2.75) is 0 Å². The molecule has 6 nitrogen and oxygen atoms in total. The van der Waals surface area contributed by atoms with Crippen LogP contribution in [0.3, 0.4) is 0 Å². The third kappa shape index (κ3) is 2.64. The number of nitrogens with one attached hydrogen (secondary N) is 1. The number of fused-ring (bicyclic) bond motifs is 1. The highest BCUT2D eigenvalue weighted by molar-refractivity contribution is 5.88. The maximum Gasteiger partial charge on any atom is 0.356 e. The van der Waals surface area contributed by atoms with Crippen molar-refractivity contribution in [3.8, 4) is 11.1 Å². The van der Waals surface area contributed by atoms with Crippen LogP contribution in [0.1, 0.15) is 10.5 Å². The number of benzene rings is 1. The number of aromatic nitrogens is 2. The highest BCUT2D eigenvalue weighted by atomic mass is 16.4. The van der Waals surface area contributed by atoms with Crippen LogP contribution in [0.5, 0.6) is 0 Å². The maximum absolute atomic E-state index is 11.1. The molecule has 112 valence electrons. The van der Waals surface area contributed by atoms with Crippen molar-refractivity contribution in [2.24, 2.45) is 0 Å². The quantitative estimate of drug-likeness (QED) is 0.671. The smallest absolute Gasteiger partial charge is 0.356 e. The van der Waals surface area contributed by atoms with E-state index in [1.54, 1.807) is 0 Å². The Balaban J connectivity index is 2.16. The van der Waals surface area contributed by atoms with Gasteiger partial charge >= 0.3 is 5.97 Å². The summed E-state index contributed by atoms with van der Waals surface area (Å²) in [5.74, 6) is -0.434. The van der Waals surface area contributed by atoms with Crippen LogP contribution in [-0.4, -0.2) is 38.9 Å². The van der Waals surface area contributed by atoms with Gasteiger partial charge in [-0.25, -0.2) is 9.31 Å². The Bertz CT molecular complexity index is 812. The van der Waals surface area contributed by atoms with E-state index in [0.717, 1.165) is 11.1 Å². The zero-order chi connectivity index (χ0) is 15.5. The molecule has 2 aromatic heterocycles. The van der Waals surface area contributed by atoms with Gasteiger partial charge in [0.25, 0.3) is 0 Å². The minimum atomic E-state index is -1.07. The lowest BCUT2D eigenvalue weighted by molar-refractivity contribution is 0.0690. The zero-order valence-electron chi connectivity index (χ0n) is 11.7. The lowest BCUT2D eigenvalue weighted by atomic mass is 10.1. The van der Waals surface area contributed by atoms with Gasteiger partial charge in [-0.2, -0.15) is 5.10 Å². The molecule has 0 fully saturated rings. The van der Waals surface area contributed by atoms with Crippen molar-refractivity contribution in [2.75, 3.05) is 18.5 Å². The van der Waals surface area contributed by atoms with Crippen molar-refractivity contribution in [3.05, 3.63) is 54.2 Å². The number of hydrogen-bond donors (Lipinski definition) is 3. The molecule has 0 saturated carbocycles. The van der Waals surface area contributed by atoms with E-state index in [-0.39, 0.29) is 12.3 Å². The van der Waals surface area contributed by atoms with Gasteiger partial charge in [0.2, 0.25) is 0 Å². The number of hydrogen-bond acceptors (Lipinski definition) is 4. The minimum Gasteiger partial charge on any atom is -0.476 e. The summed E-state index contributed by atoms with van der Waals surface area (Å²) >= 11 is 0. The number of aromatic carboxylic acids is 1. The molecule has 0 radical (unpaired) electrons. The second-order valence-electron chi connectivity index (χ2n) is 4.82. The first-order chi connectivity index (χ1) is 10.7. The fraction of sp³-hybridized carbons (Fsp3) is 0.125. The van der Waals surface area contributed by atoms with Crippen LogP contribution >= 0.6 is 0 Å². The van der Waals surface area contributed by atoms with Gasteiger partial charge in [-0.3, -0.25) is 0 Å². The predicted octanol–water partition coefficient (Wildman–Crippen LogP) is 2.10. The number of anilines is 1. The molecule has 0 saturated heterocycles. The molecule has 6 heteroatoms. The van der Waals surface area contributed by atoms with E-state index in [0.29, 0.717) is 17.9 Å². The van der Waals surface area contributed by atoms with Crippen molar-refractivity contribution < 1.29 is 15.0 Å². The van der Waals surface area contributed by atoms with Gasteiger partial charge in [0, 0.05) is 6.54 Å². The van der Waals surface area contributed by atoms with Crippen LogP contribution in [-0.2, 0) is 0 Å². The summed E-state index contributed by atoms with van der Waals surface area (Å²) in [5.41, 5.74) is 2.64. The molecule has 3 rings (SSSR count). The van der Waals surface area contributed by atoms with E-state index < -0.39 is 5.97 Å². The Kier molecular flexibility index (Phi) is 3.76. The summed E-state index contributed by atoms with van der Waals surface area (Å²) in [6.45, 7) is 0.333. The first kappa shape index (κ1) is 14.1. The van der Waals surface area contributed by atoms with E-state index in [9.17, 15) is 4.79 Å². The molecule has 0 aliphatic heterocycles. The van der Waals surface area contributed by atoms with Crippen molar-refractivity contribution in [3.63, 3.8) is 0 Å². The van der Waals surface area contributed by atoms with Gasteiger partial charge in [0.05, 0.1) is 12.1 Å². The fourth-order valence-corrected chi connectivity index (χ4v) is 2.31. The number of carbonyl (C=O) groups is 1. The topological polar surface area (TPSA) is 86.9 Å². The Morgan fingerprint density at radius 1 is 1.14 bits per heavy atom. The zero-order valence-corrected chi connectivity index (χ0v) is 11.7. The first-order valence-electron chi connectivity index (χ1n) is 6.86. The molecule has 3 N–H and O–H groups in total. The van der Waals surface area contributed by atoms with E-state index >= 15 is 0 Å². The van der Waals surface area contributed by atoms with Crippen molar-refractivity contribution in [1.29, 1.82) is 0 Å². The predicted molar refractivity (Wildman–Crippen MR) is 83.2 cm³/mol. The Morgan fingerprint density at radius 2 is 1.91 bits per heavy atom. The summed E-state index contributed by atoms with van der Waals surface area (Å²) < 4.78 is 1.53. The van der Waals surface area contributed by atoms with Crippen LogP contribution in [0.2, 0.25) is 0 Å². The van der Waals surface area contributed by atoms with Crippen molar-refractivity contribution in [1.82, 2.24) is 9.61 Å². The molecule has 0 bridgehead atoms. The number of aliphatic hydroxyl groups is 1. The first-order valence-corrected chi connectivity index (χ1v) is 6.86. The molecule has 1 aromatic carbocycles. The lowest BCUT2D eigenvalue weighted by Gasteiger charge is -2.10.